The lowest BCUT2D eigenvalue weighted by Crippen LogP contribution is -2.30. The zero-order valence-corrected chi connectivity index (χ0v) is 11.8. The summed E-state index contributed by atoms with van der Waals surface area (Å²) in [7, 11) is 3.42. The van der Waals surface area contributed by atoms with E-state index in [1.165, 1.54) is 11.3 Å². The predicted molar refractivity (Wildman–Crippen MR) is 70.1 cm³/mol. The minimum atomic E-state index is -0.290. The molecule has 1 saturated carbocycles. The molecule has 104 valence electrons. The lowest BCUT2D eigenvalue weighted by molar-refractivity contribution is -0.157. The van der Waals surface area contributed by atoms with Crippen molar-refractivity contribution in [2.45, 2.75) is 58.0 Å². The van der Waals surface area contributed by atoms with Gasteiger partial charge in [0.1, 0.15) is 6.10 Å². The van der Waals surface area contributed by atoms with E-state index in [1.807, 2.05) is 6.92 Å². The van der Waals surface area contributed by atoms with E-state index in [0.29, 0.717) is 6.42 Å². The Morgan fingerprint density at radius 3 is 2.33 bits per heavy atom. The summed E-state index contributed by atoms with van der Waals surface area (Å²) in [4.78, 5) is 25.2. The molecule has 1 amide bonds. The summed E-state index contributed by atoms with van der Waals surface area (Å²) < 4.78 is 5.52. The molecule has 0 saturated heterocycles. The third-order valence-corrected chi connectivity index (χ3v) is 3.58. The highest BCUT2D eigenvalue weighted by atomic mass is 16.5. The number of nitrogens with zero attached hydrogens (tertiary/aromatic N) is 1. The van der Waals surface area contributed by atoms with Crippen LogP contribution in [0.3, 0.4) is 0 Å². The normalized spacial score (nSPS) is 18.2. The van der Waals surface area contributed by atoms with Gasteiger partial charge in [0, 0.05) is 20.5 Å². The zero-order chi connectivity index (χ0) is 13.5. The van der Waals surface area contributed by atoms with Crippen LogP contribution in [0.4, 0.5) is 0 Å². The summed E-state index contributed by atoms with van der Waals surface area (Å²) >= 11 is 0. The Morgan fingerprint density at radius 1 is 1.22 bits per heavy atom. The predicted octanol–water partition coefficient (Wildman–Crippen LogP) is 2.37. The maximum atomic E-state index is 12.0. The van der Waals surface area contributed by atoms with Crippen molar-refractivity contribution in [2.75, 3.05) is 14.1 Å². The fourth-order valence-corrected chi connectivity index (χ4v) is 2.23. The van der Waals surface area contributed by atoms with E-state index >= 15 is 0 Å². The van der Waals surface area contributed by atoms with Crippen LogP contribution in [0.2, 0.25) is 0 Å². The van der Waals surface area contributed by atoms with E-state index in [0.717, 1.165) is 25.7 Å². The summed E-state index contributed by atoms with van der Waals surface area (Å²) in [6, 6.07) is 0. The lowest BCUT2D eigenvalue weighted by Gasteiger charge is -2.24. The molecule has 1 unspecified atom stereocenters. The molecule has 0 aromatic rings. The third kappa shape index (κ3) is 4.67. The summed E-state index contributed by atoms with van der Waals surface area (Å²) in [6.07, 6.45) is 6.48. The monoisotopic (exact) mass is 255 g/mol. The number of esters is 1. The first-order valence-corrected chi connectivity index (χ1v) is 6.95. The molecule has 1 rings (SSSR count). The van der Waals surface area contributed by atoms with Crippen molar-refractivity contribution in [1.29, 1.82) is 0 Å². The highest BCUT2D eigenvalue weighted by Gasteiger charge is 2.25. The van der Waals surface area contributed by atoms with Gasteiger partial charge in [-0.05, 0) is 32.1 Å². The van der Waals surface area contributed by atoms with Crippen molar-refractivity contribution < 1.29 is 14.3 Å². The molecule has 18 heavy (non-hydrogen) atoms. The van der Waals surface area contributed by atoms with Gasteiger partial charge in [-0.2, -0.15) is 0 Å². The second kappa shape index (κ2) is 7.39. The molecule has 4 heteroatoms. The number of rotatable bonds is 5. The molecule has 0 aromatic heterocycles. The van der Waals surface area contributed by atoms with Gasteiger partial charge < -0.3 is 9.64 Å². The Morgan fingerprint density at radius 2 is 1.83 bits per heavy atom. The van der Waals surface area contributed by atoms with Gasteiger partial charge in [-0.15, -0.1) is 0 Å². The van der Waals surface area contributed by atoms with Gasteiger partial charge in [0.05, 0.1) is 5.92 Å². The van der Waals surface area contributed by atoms with Crippen molar-refractivity contribution >= 4 is 11.9 Å². The number of ether oxygens (including phenoxy) is 1. The van der Waals surface area contributed by atoms with Gasteiger partial charge in [0.25, 0.3) is 0 Å². The smallest absolute Gasteiger partial charge is 0.309 e. The second-order valence-corrected chi connectivity index (χ2v) is 5.29. The Balaban J connectivity index is 2.43. The van der Waals surface area contributed by atoms with Crippen LogP contribution >= 0.6 is 0 Å². The maximum Gasteiger partial charge on any atom is 0.309 e. The number of amides is 1. The van der Waals surface area contributed by atoms with Crippen LogP contribution in [0.5, 0.6) is 0 Å². The summed E-state index contributed by atoms with van der Waals surface area (Å²) in [6.45, 7) is 1.93. The highest BCUT2D eigenvalue weighted by molar-refractivity contribution is 5.82. The number of carbonyl (C=O) groups is 2. The molecule has 0 bridgehead atoms. The lowest BCUT2D eigenvalue weighted by atomic mass is 9.97. The van der Waals surface area contributed by atoms with Crippen molar-refractivity contribution in [3.05, 3.63) is 0 Å². The van der Waals surface area contributed by atoms with Gasteiger partial charge in [0.15, 0.2) is 0 Å². The van der Waals surface area contributed by atoms with Gasteiger partial charge in [0.2, 0.25) is 5.91 Å². The van der Waals surface area contributed by atoms with E-state index in [1.54, 1.807) is 14.1 Å². The SMILES string of the molecule is CCC(CC(=O)N(C)C)C(=O)OC1CCCCC1. The van der Waals surface area contributed by atoms with Crippen molar-refractivity contribution in [3.8, 4) is 0 Å². The Kier molecular flexibility index (Phi) is 6.16. The Labute approximate surface area is 110 Å². The molecular weight excluding hydrogens is 230 g/mol. The first-order valence-electron chi connectivity index (χ1n) is 6.95. The van der Waals surface area contributed by atoms with E-state index < -0.39 is 0 Å². The van der Waals surface area contributed by atoms with Gasteiger partial charge in [-0.3, -0.25) is 9.59 Å². The molecule has 0 heterocycles. The molecule has 1 fully saturated rings. The largest absolute Gasteiger partial charge is 0.462 e. The third-order valence-electron chi connectivity index (χ3n) is 3.58. The van der Waals surface area contributed by atoms with Crippen LogP contribution < -0.4 is 0 Å². The molecule has 1 aliphatic carbocycles. The molecule has 1 atom stereocenters. The molecule has 0 radical (unpaired) electrons. The Bertz CT molecular complexity index is 283. The summed E-state index contributed by atoms with van der Waals surface area (Å²) in [5.74, 6) is -0.496. The highest BCUT2D eigenvalue weighted by Crippen LogP contribution is 2.22. The van der Waals surface area contributed by atoms with Gasteiger partial charge in [-0.25, -0.2) is 0 Å². The van der Waals surface area contributed by atoms with Crippen molar-refractivity contribution in [1.82, 2.24) is 4.90 Å². The van der Waals surface area contributed by atoms with Gasteiger partial charge >= 0.3 is 5.97 Å². The minimum absolute atomic E-state index is 0.0116. The molecule has 0 aliphatic heterocycles. The fourth-order valence-electron chi connectivity index (χ4n) is 2.23. The second-order valence-electron chi connectivity index (χ2n) is 5.29. The average Bonchev–Trinajstić information content (AvgIpc) is 2.36. The maximum absolute atomic E-state index is 12.0. The quantitative estimate of drug-likeness (QED) is 0.708. The molecule has 0 spiro atoms. The number of hydrogen-bond donors (Lipinski definition) is 0. The van der Waals surface area contributed by atoms with Crippen LogP contribution in [0.1, 0.15) is 51.9 Å². The zero-order valence-electron chi connectivity index (χ0n) is 11.8. The summed E-state index contributed by atoms with van der Waals surface area (Å²) in [5, 5.41) is 0. The van der Waals surface area contributed by atoms with Crippen LogP contribution in [-0.4, -0.2) is 37.0 Å². The average molecular weight is 255 g/mol. The minimum Gasteiger partial charge on any atom is -0.462 e. The van der Waals surface area contributed by atoms with Crippen LogP contribution in [0.25, 0.3) is 0 Å². The topological polar surface area (TPSA) is 46.6 Å². The first-order chi connectivity index (χ1) is 8.54. The molecule has 4 nitrogen and oxygen atoms in total. The standard InChI is InChI=1S/C14H25NO3/c1-4-11(10-13(16)15(2)3)14(17)18-12-8-6-5-7-9-12/h11-12H,4-10H2,1-3H3. The van der Waals surface area contributed by atoms with E-state index in [4.69, 9.17) is 4.74 Å². The Hall–Kier alpha value is -1.06. The van der Waals surface area contributed by atoms with Crippen LogP contribution in [0.15, 0.2) is 0 Å². The van der Waals surface area contributed by atoms with Crippen LogP contribution in [0, 0.1) is 5.92 Å². The van der Waals surface area contributed by atoms with Gasteiger partial charge in [-0.1, -0.05) is 13.3 Å². The van der Waals surface area contributed by atoms with E-state index in [9.17, 15) is 9.59 Å². The number of carbonyl (C=O) groups excluding carboxylic acids is 2. The molecule has 0 aromatic carbocycles. The van der Waals surface area contributed by atoms with Crippen molar-refractivity contribution in [2.24, 2.45) is 5.92 Å². The van der Waals surface area contributed by atoms with E-state index in [-0.39, 0.29) is 30.3 Å². The first kappa shape index (κ1) is 15.0. The number of hydrogen-bond acceptors (Lipinski definition) is 3. The van der Waals surface area contributed by atoms with E-state index in [2.05, 4.69) is 0 Å². The fraction of sp³-hybridized carbons (Fsp3) is 0.857. The van der Waals surface area contributed by atoms with Crippen LogP contribution in [-0.2, 0) is 14.3 Å². The molecular formula is C14H25NO3. The molecule has 0 N–H and O–H groups in total. The summed E-state index contributed by atoms with van der Waals surface area (Å²) in [5.41, 5.74) is 0. The molecule has 1 aliphatic rings. The van der Waals surface area contributed by atoms with Crippen molar-refractivity contribution in [3.63, 3.8) is 0 Å².